The molecule has 0 radical (unpaired) electrons. The molecule has 0 aromatic heterocycles. The Kier molecular flexibility index (Phi) is 18.6. The SMILES string of the molecule is [Ba+2].[O-][Si]([O-])([O-])O[Si]([O-])([O-])[O-].[Zn+2].[Zn+2]. The Labute approximate surface area is 136 Å². The molecule has 0 saturated heterocycles. The fourth-order valence-corrected chi connectivity index (χ4v) is 1.38. The molecule has 0 aromatic rings. The van der Waals surface area contributed by atoms with Crippen LogP contribution in [0.4, 0.5) is 0 Å². The fraction of sp³-hybridized carbons (Fsp3) is 0. The fourth-order valence-electron chi connectivity index (χ4n) is 0.153. The van der Waals surface area contributed by atoms with E-state index in [9.17, 15) is 28.8 Å². The standard InChI is InChI=1S/Ba.O7Si2.2Zn/c;1-8(2,3)7-9(4,5)6;;/q+2;-6;2*+2. The van der Waals surface area contributed by atoms with Crippen molar-refractivity contribution in [1.29, 1.82) is 0 Å². The number of hydrogen-bond donors (Lipinski definition) is 0. The Morgan fingerprint density at radius 1 is 0.667 bits per heavy atom. The van der Waals surface area contributed by atoms with E-state index in [1.807, 2.05) is 0 Å². The van der Waals surface area contributed by atoms with E-state index in [0.29, 0.717) is 0 Å². The first kappa shape index (κ1) is 24.3. The zero-order chi connectivity index (χ0) is 7.71. The van der Waals surface area contributed by atoms with E-state index in [2.05, 4.69) is 4.12 Å². The van der Waals surface area contributed by atoms with Gasteiger partial charge in [0.15, 0.2) is 0 Å². The molecule has 0 fully saturated rings. The van der Waals surface area contributed by atoms with E-state index in [1.165, 1.54) is 0 Å². The Morgan fingerprint density at radius 3 is 0.833 bits per heavy atom. The van der Waals surface area contributed by atoms with Gasteiger partial charge in [-0.15, -0.1) is 18.1 Å². The normalized spacial score (nSPS) is 10.5. The van der Waals surface area contributed by atoms with Gasteiger partial charge in [-0.25, -0.2) is 0 Å². The minimum atomic E-state index is -5.92. The first-order valence-corrected chi connectivity index (χ1v) is 4.90. The second-order valence-corrected chi connectivity index (χ2v) is 3.92. The molecule has 0 rings (SSSR count). The molecule has 0 unspecified atom stereocenters. The molecular formula is BaO7Si2Zn2. The molecule has 0 aromatic carbocycles. The molecule has 0 bridgehead atoms. The molecule has 12 heavy (non-hydrogen) atoms. The Bertz CT molecular complexity index is 84.6. The van der Waals surface area contributed by atoms with Crippen LogP contribution in [0.5, 0.6) is 0 Å². The minimum absolute atomic E-state index is 0. The summed E-state index contributed by atoms with van der Waals surface area (Å²) in [4.78, 5) is 56.2. The van der Waals surface area contributed by atoms with Crippen molar-refractivity contribution in [3.63, 3.8) is 0 Å². The van der Waals surface area contributed by atoms with Gasteiger partial charge in [0.25, 0.3) is 0 Å². The predicted molar refractivity (Wildman–Crippen MR) is 18.3 cm³/mol. The van der Waals surface area contributed by atoms with Crippen molar-refractivity contribution < 1.29 is 71.8 Å². The Hall–Kier alpha value is 2.97. The molecule has 0 heterocycles. The van der Waals surface area contributed by atoms with Crippen LogP contribution >= 0.6 is 0 Å². The number of hydrogen-bond acceptors (Lipinski definition) is 7. The summed E-state index contributed by atoms with van der Waals surface area (Å²) in [5.41, 5.74) is 0. The Morgan fingerprint density at radius 2 is 0.833 bits per heavy atom. The minimum Gasteiger partial charge on any atom is -0.862 e. The van der Waals surface area contributed by atoms with Crippen molar-refractivity contribution in [3.05, 3.63) is 0 Å². The largest absolute Gasteiger partial charge is 2.00 e. The van der Waals surface area contributed by atoms with Crippen molar-refractivity contribution >= 4 is 67.0 Å². The van der Waals surface area contributed by atoms with E-state index in [1.54, 1.807) is 0 Å². The third-order valence-corrected chi connectivity index (χ3v) is 2.25. The van der Waals surface area contributed by atoms with Gasteiger partial charge in [0.2, 0.25) is 0 Å². The van der Waals surface area contributed by atoms with Crippen LogP contribution in [0.1, 0.15) is 0 Å². The van der Waals surface area contributed by atoms with Crippen molar-refractivity contribution in [3.8, 4) is 0 Å². The molecule has 0 spiro atoms. The summed E-state index contributed by atoms with van der Waals surface area (Å²) >= 11 is 0. The zero-order valence-electron chi connectivity index (χ0n) is 5.98. The van der Waals surface area contributed by atoms with Gasteiger partial charge < -0.3 is 32.9 Å². The van der Waals surface area contributed by atoms with Gasteiger partial charge in [0.05, 0.1) is 0 Å². The summed E-state index contributed by atoms with van der Waals surface area (Å²) in [6.45, 7) is 0. The van der Waals surface area contributed by atoms with Crippen LogP contribution in [0.2, 0.25) is 0 Å². The van der Waals surface area contributed by atoms with Crippen LogP contribution in [-0.4, -0.2) is 67.0 Å². The summed E-state index contributed by atoms with van der Waals surface area (Å²) in [6.07, 6.45) is 0. The summed E-state index contributed by atoms with van der Waals surface area (Å²) in [6, 6.07) is 0. The van der Waals surface area contributed by atoms with Crippen LogP contribution in [0.25, 0.3) is 0 Å². The smallest absolute Gasteiger partial charge is 0.862 e. The maximum atomic E-state index is 9.36. The van der Waals surface area contributed by atoms with Gasteiger partial charge in [-0.2, -0.15) is 0 Å². The van der Waals surface area contributed by atoms with E-state index in [4.69, 9.17) is 0 Å². The third-order valence-electron chi connectivity index (χ3n) is 0.250. The maximum absolute atomic E-state index is 9.36. The average molecular weight is 436 g/mol. The number of rotatable bonds is 2. The first-order valence-electron chi connectivity index (χ1n) is 1.63. The Balaban J connectivity index is -0.000000107. The zero-order valence-corrected chi connectivity index (χ0v) is 18.4. The van der Waals surface area contributed by atoms with Gasteiger partial charge in [-0.1, -0.05) is 0 Å². The molecule has 0 aliphatic heterocycles. The van der Waals surface area contributed by atoms with Crippen molar-refractivity contribution in [2.24, 2.45) is 0 Å². The quantitative estimate of drug-likeness (QED) is 0.391. The van der Waals surface area contributed by atoms with Gasteiger partial charge in [-0.3, -0.25) is 0 Å². The van der Waals surface area contributed by atoms with Gasteiger partial charge in [0, 0.05) is 0 Å². The van der Waals surface area contributed by atoms with Crippen LogP contribution in [0, 0.1) is 0 Å². The maximum Gasteiger partial charge on any atom is 2.00 e. The molecule has 0 saturated carbocycles. The predicted octanol–water partition coefficient (Wildman–Crippen LogP) is -8.35. The third kappa shape index (κ3) is 23.1. The summed E-state index contributed by atoms with van der Waals surface area (Å²) in [7, 11) is -11.8. The van der Waals surface area contributed by atoms with Gasteiger partial charge in [0.1, 0.15) is 0 Å². The molecule has 0 aliphatic rings. The van der Waals surface area contributed by atoms with Crippen LogP contribution in [0.15, 0.2) is 0 Å². The monoisotopic (exact) mass is 434 g/mol. The topological polar surface area (TPSA) is 148 Å². The summed E-state index contributed by atoms with van der Waals surface area (Å²) in [5.74, 6) is 0. The first-order chi connectivity index (χ1) is 3.71. The molecule has 7 nitrogen and oxygen atoms in total. The summed E-state index contributed by atoms with van der Waals surface area (Å²) in [5, 5.41) is 0. The van der Waals surface area contributed by atoms with Crippen LogP contribution in [0.3, 0.4) is 0 Å². The molecule has 0 N–H and O–H groups in total. The molecule has 0 atom stereocenters. The molecule has 56 valence electrons. The van der Waals surface area contributed by atoms with Crippen molar-refractivity contribution in [1.82, 2.24) is 0 Å². The average Bonchev–Trinajstić information content (AvgIpc) is 1.14. The van der Waals surface area contributed by atoms with Crippen LogP contribution in [-0.2, 0) is 43.1 Å². The second kappa shape index (κ2) is 9.22. The molecule has 12 heteroatoms. The van der Waals surface area contributed by atoms with Gasteiger partial charge in [-0.05, 0) is 0 Å². The van der Waals surface area contributed by atoms with Gasteiger partial charge >= 0.3 is 87.8 Å². The van der Waals surface area contributed by atoms with Crippen molar-refractivity contribution in [2.75, 3.05) is 0 Å². The van der Waals surface area contributed by atoms with E-state index < -0.39 is 18.1 Å². The molecule has 0 amide bonds. The van der Waals surface area contributed by atoms with Crippen LogP contribution < -0.4 is 28.8 Å². The molecular weight excluding hydrogens is 436 g/mol. The van der Waals surface area contributed by atoms with E-state index in [-0.39, 0.29) is 87.8 Å². The summed E-state index contributed by atoms with van der Waals surface area (Å²) < 4.78 is 2.57. The van der Waals surface area contributed by atoms with E-state index in [0.717, 1.165) is 0 Å². The molecule has 0 aliphatic carbocycles. The second-order valence-electron chi connectivity index (χ2n) is 1.10. The van der Waals surface area contributed by atoms with Crippen molar-refractivity contribution in [2.45, 2.75) is 0 Å². The van der Waals surface area contributed by atoms with E-state index >= 15 is 0 Å².